The van der Waals surface area contributed by atoms with E-state index in [1.165, 1.54) is 3.57 Å². The van der Waals surface area contributed by atoms with Crippen molar-refractivity contribution in [3.63, 3.8) is 0 Å². The van der Waals surface area contributed by atoms with Crippen LogP contribution in [-0.2, 0) is 6.54 Å². The van der Waals surface area contributed by atoms with Crippen molar-refractivity contribution < 1.29 is 4.42 Å². The molecule has 1 aromatic carbocycles. The molecule has 0 radical (unpaired) electrons. The van der Waals surface area contributed by atoms with Crippen molar-refractivity contribution in [3.05, 3.63) is 52.0 Å². The Morgan fingerprint density at radius 2 is 1.93 bits per heavy atom. The van der Waals surface area contributed by atoms with Crippen molar-refractivity contribution in [1.29, 1.82) is 0 Å². The molecule has 0 spiro atoms. The predicted molar refractivity (Wildman–Crippen MR) is 65.2 cm³/mol. The smallest absolute Gasteiger partial charge is 0.122 e. The van der Waals surface area contributed by atoms with Crippen molar-refractivity contribution in [3.8, 4) is 0 Å². The van der Waals surface area contributed by atoms with Crippen LogP contribution in [-0.4, -0.2) is 0 Å². The minimum Gasteiger partial charge on any atom is -0.467 e. The second-order valence-corrected chi connectivity index (χ2v) is 4.19. The average Bonchev–Trinajstić information content (AvgIpc) is 2.70. The Hall–Kier alpha value is -0.970. The van der Waals surface area contributed by atoms with Crippen LogP contribution in [0.15, 0.2) is 47.1 Å². The van der Waals surface area contributed by atoms with E-state index < -0.39 is 0 Å². The molecule has 1 aromatic heterocycles. The summed E-state index contributed by atoms with van der Waals surface area (Å²) in [6.07, 6.45) is 1.69. The lowest BCUT2D eigenvalue weighted by Gasteiger charge is -2.03. The molecule has 0 saturated carbocycles. The molecule has 1 heterocycles. The molecule has 0 aliphatic heterocycles. The maximum absolute atomic E-state index is 5.21. The highest BCUT2D eigenvalue weighted by molar-refractivity contribution is 14.1. The van der Waals surface area contributed by atoms with Crippen molar-refractivity contribution in [2.45, 2.75) is 6.54 Å². The van der Waals surface area contributed by atoms with E-state index in [-0.39, 0.29) is 0 Å². The van der Waals surface area contributed by atoms with Crippen LogP contribution >= 0.6 is 22.6 Å². The van der Waals surface area contributed by atoms with Gasteiger partial charge in [-0.1, -0.05) is 0 Å². The second-order valence-electron chi connectivity index (χ2n) is 2.94. The molecule has 0 bridgehead atoms. The lowest BCUT2D eigenvalue weighted by molar-refractivity contribution is 0.518. The van der Waals surface area contributed by atoms with Gasteiger partial charge < -0.3 is 9.73 Å². The zero-order chi connectivity index (χ0) is 9.80. The highest BCUT2D eigenvalue weighted by atomic mass is 127. The van der Waals surface area contributed by atoms with Gasteiger partial charge in [0.2, 0.25) is 0 Å². The van der Waals surface area contributed by atoms with Crippen LogP contribution in [0.1, 0.15) is 5.76 Å². The Kier molecular flexibility index (Phi) is 3.08. The lowest BCUT2D eigenvalue weighted by atomic mass is 10.3. The summed E-state index contributed by atoms with van der Waals surface area (Å²) < 4.78 is 6.46. The van der Waals surface area contributed by atoms with E-state index in [1.54, 1.807) is 6.26 Å². The van der Waals surface area contributed by atoms with Gasteiger partial charge in [0.1, 0.15) is 5.76 Å². The van der Waals surface area contributed by atoms with Gasteiger partial charge in [0, 0.05) is 9.26 Å². The van der Waals surface area contributed by atoms with Gasteiger partial charge in [-0.25, -0.2) is 0 Å². The van der Waals surface area contributed by atoms with Crippen LogP contribution in [0.2, 0.25) is 0 Å². The third-order valence-electron chi connectivity index (χ3n) is 1.89. The minimum atomic E-state index is 0.730. The summed E-state index contributed by atoms with van der Waals surface area (Å²) in [5, 5.41) is 3.28. The van der Waals surface area contributed by atoms with Gasteiger partial charge in [0.05, 0.1) is 12.8 Å². The number of anilines is 1. The van der Waals surface area contributed by atoms with E-state index in [1.807, 2.05) is 12.1 Å². The first-order chi connectivity index (χ1) is 6.84. The van der Waals surface area contributed by atoms with Crippen LogP contribution in [0, 0.1) is 3.57 Å². The SMILES string of the molecule is Ic1ccc(NCc2ccco2)cc1. The van der Waals surface area contributed by atoms with Gasteiger partial charge in [-0.05, 0) is 59.0 Å². The highest BCUT2D eigenvalue weighted by Gasteiger charge is 1.95. The van der Waals surface area contributed by atoms with Crippen LogP contribution in [0.5, 0.6) is 0 Å². The van der Waals surface area contributed by atoms with Gasteiger partial charge in [-0.15, -0.1) is 0 Å². The number of halogens is 1. The first kappa shape index (κ1) is 9.58. The van der Waals surface area contributed by atoms with Gasteiger partial charge in [-0.3, -0.25) is 0 Å². The van der Waals surface area contributed by atoms with E-state index in [0.29, 0.717) is 0 Å². The van der Waals surface area contributed by atoms with Gasteiger partial charge in [0.15, 0.2) is 0 Å². The van der Waals surface area contributed by atoms with Crippen LogP contribution in [0.25, 0.3) is 0 Å². The third kappa shape index (κ3) is 2.51. The number of benzene rings is 1. The Morgan fingerprint density at radius 1 is 1.14 bits per heavy atom. The summed E-state index contributed by atoms with van der Waals surface area (Å²) in [6.45, 7) is 0.730. The summed E-state index contributed by atoms with van der Waals surface area (Å²) in [5.74, 6) is 0.948. The minimum absolute atomic E-state index is 0.730. The maximum Gasteiger partial charge on any atom is 0.122 e. The van der Waals surface area contributed by atoms with E-state index in [2.05, 4.69) is 52.2 Å². The molecule has 0 amide bonds. The number of hydrogen-bond acceptors (Lipinski definition) is 2. The average molecular weight is 299 g/mol. The summed E-state index contributed by atoms with van der Waals surface area (Å²) in [7, 11) is 0. The van der Waals surface area contributed by atoms with Crippen molar-refractivity contribution in [2.24, 2.45) is 0 Å². The Morgan fingerprint density at radius 3 is 2.57 bits per heavy atom. The van der Waals surface area contributed by atoms with Crippen molar-refractivity contribution >= 4 is 28.3 Å². The van der Waals surface area contributed by atoms with Gasteiger partial charge >= 0.3 is 0 Å². The van der Waals surface area contributed by atoms with Crippen LogP contribution in [0.4, 0.5) is 5.69 Å². The Bertz CT molecular complexity index is 380. The molecule has 0 aliphatic carbocycles. The predicted octanol–water partition coefficient (Wildman–Crippen LogP) is 3.50. The van der Waals surface area contributed by atoms with E-state index in [0.717, 1.165) is 18.0 Å². The molecular weight excluding hydrogens is 289 g/mol. The fourth-order valence-electron chi connectivity index (χ4n) is 1.17. The summed E-state index contributed by atoms with van der Waals surface area (Å²) >= 11 is 2.29. The molecule has 0 atom stereocenters. The fourth-order valence-corrected chi connectivity index (χ4v) is 1.53. The monoisotopic (exact) mass is 299 g/mol. The molecule has 2 rings (SSSR count). The Labute approximate surface area is 96.5 Å². The Balaban J connectivity index is 1.95. The van der Waals surface area contributed by atoms with Crippen molar-refractivity contribution in [1.82, 2.24) is 0 Å². The van der Waals surface area contributed by atoms with Gasteiger partial charge in [-0.2, -0.15) is 0 Å². The molecule has 2 aromatic rings. The highest BCUT2D eigenvalue weighted by Crippen LogP contribution is 2.12. The first-order valence-electron chi connectivity index (χ1n) is 4.36. The molecular formula is C11H10INO. The molecule has 0 saturated heterocycles. The third-order valence-corrected chi connectivity index (χ3v) is 2.61. The van der Waals surface area contributed by atoms with E-state index in [4.69, 9.17) is 4.42 Å². The summed E-state index contributed by atoms with van der Waals surface area (Å²) in [6, 6.07) is 12.1. The first-order valence-corrected chi connectivity index (χ1v) is 5.44. The largest absolute Gasteiger partial charge is 0.467 e. The summed E-state index contributed by atoms with van der Waals surface area (Å²) in [5.41, 5.74) is 1.11. The molecule has 2 nitrogen and oxygen atoms in total. The summed E-state index contributed by atoms with van der Waals surface area (Å²) in [4.78, 5) is 0. The molecule has 1 N–H and O–H groups in total. The number of furan rings is 1. The van der Waals surface area contributed by atoms with Gasteiger partial charge in [0.25, 0.3) is 0 Å². The standard InChI is InChI=1S/C11H10INO/c12-9-3-5-10(6-4-9)13-8-11-2-1-7-14-11/h1-7,13H,8H2. The normalized spacial score (nSPS) is 10.1. The number of hydrogen-bond donors (Lipinski definition) is 1. The molecule has 0 fully saturated rings. The number of rotatable bonds is 3. The molecule has 0 unspecified atom stereocenters. The number of nitrogens with one attached hydrogen (secondary N) is 1. The topological polar surface area (TPSA) is 25.2 Å². The van der Waals surface area contributed by atoms with E-state index >= 15 is 0 Å². The quantitative estimate of drug-likeness (QED) is 0.878. The maximum atomic E-state index is 5.21. The zero-order valence-corrected chi connectivity index (χ0v) is 9.69. The van der Waals surface area contributed by atoms with Crippen LogP contribution in [0.3, 0.4) is 0 Å². The second kappa shape index (κ2) is 4.50. The molecule has 72 valence electrons. The van der Waals surface area contributed by atoms with Crippen LogP contribution < -0.4 is 5.32 Å². The zero-order valence-electron chi connectivity index (χ0n) is 7.53. The molecule has 0 aliphatic rings. The fraction of sp³-hybridized carbons (Fsp3) is 0.0909. The van der Waals surface area contributed by atoms with Crippen molar-refractivity contribution in [2.75, 3.05) is 5.32 Å². The lowest BCUT2D eigenvalue weighted by Crippen LogP contribution is -1.97. The molecule has 14 heavy (non-hydrogen) atoms. The van der Waals surface area contributed by atoms with E-state index in [9.17, 15) is 0 Å². The molecule has 3 heteroatoms.